The lowest BCUT2D eigenvalue weighted by Gasteiger charge is -2.08. The predicted molar refractivity (Wildman–Crippen MR) is 181 cm³/mol. The maximum atomic E-state index is 4.60. The molecule has 7 rings (SSSR count). The number of fused-ring (bicyclic) bond motifs is 2. The van der Waals surface area contributed by atoms with Crippen molar-refractivity contribution in [1.29, 1.82) is 0 Å². The first-order chi connectivity index (χ1) is 20.2. The van der Waals surface area contributed by atoms with Crippen LogP contribution >= 0.6 is 57.5 Å². The Labute approximate surface area is 260 Å². The van der Waals surface area contributed by atoms with Crippen LogP contribution < -0.4 is 0 Å². The van der Waals surface area contributed by atoms with Gasteiger partial charge in [0.05, 0.1) is 23.5 Å². The second kappa shape index (κ2) is 11.8. The third-order valence-electron chi connectivity index (χ3n) is 7.44. The molecule has 0 bridgehead atoms. The molecule has 0 aliphatic rings. The number of unbranched alkanes of at least 4 members (excludes halogenated alkanes) is 2. The SMILES string of the molecule is CCCCc1c(-c2ccc(-c3cccc4nsnc34)s2)sc(-c2ccc(-c3cccc4nsnc34)s2)c1CCCC. The minimum atomic E-state index is 0.976. The second-order valence-corrected chi connectivity index (χ2v) is 14.4. The summed E-state index contributed by atoms with van der Waals surface area (Å²) in [5.41, 5.74) is 9.44. The Bertz CT molecular complexity index is 1810. The van der Waals surface area contributed by atoms with E-state index >= 15 is 0 Å². The lowest BCUT2D eigenvalue weighted by atomic mass is 9.97. The first-order valence-electron chi connectivity index (χ1n) is 14.0. The number of thiophene rings is 3. The van der Waals surface area contributed by atoms with Crippen LogP contribution in [0.1, 0.15) is 50.7 Å². The summed E-state index contributed by atoms with van der Waals surface area (Å²) < 4.78 is 18.1. The largest absolute Gasteiger partial charge is 0.173 e. The number of hydrogen-bond acceptors (Lipinski definition) is 9. The third-order valence-corrected chi connectivity index (χ3v) is 12.4. The van der Waals surface area contributed by atoms with Gasteiger partial charge in [-0.2, -0.15) is 17.5 Å². The fourth-order valence-electron chi connectivity index (χ4n) is 5.35. The number of benzene rings is 2. The summed E-state index contributed by atoms with van der Waals surface area (Å²) in [5, 5.41) is 0. The molecular weight excluding hydrogens is 601 g/mol. The van der Waals surface area contributed by atoms with E-state index in [1.54, 1.807) is 11.1 Å². The summed E-state index contributed by atoms with van der Waals surface area (Å²) in [5.74, 6) is 0. The van der Waals surface area contributed by atoms with Crippen molar-refractivity contribution in [3.05, 3.63) is 71.8 Å². The van der Waals surface area contributed by atoms with E-state index in [0.29, 0.717) is 0 Å². The summed E-state index contributed by atoms with van der Waals surface area (Å²) in [6, 6.07) is 21.8. The zero-order valence-corrected chi connectivity index (χ0v) is 26.9. The molecule has 5 aromatic heterocycles. The second-order valence-electron chi connectivity index (χ2n) is 10.1. The van der Waals surface area contributed by atoms with Crippen LogP contribution in [0.3, 0.4) is 0 Å². The van der Waals surface area contributed by atoms with Gasteiger partial charge in [0.1, 0.15) is 22.1 Å². The van der Waals surface area contributed by atoms with Crippen LogP contribution in [-0.2, 0) is 12.8 Å². The molecule has 0 saturated carbocycles. The highest BCUT2D eigenvalue weighted by Gasteiger charge is 2.23. The van der Waals surface area contributed by atoms with Crippen LogP contribution in [-0.4, -0.2) is 17.5 Å². The Morgan fingerprint density at radius 3 is 1.44 bits per heavy atom. The standard InChI is InChI=1S/C32H28N4S5/c1-3-5-9-19-20(10-6-4-2)32(28-18-16-26(38-28)22-12-8-14-24-30(22)36-41-34-24)39-31(19)27-17-15-25(37-27)21-11-7-13-23-29(21)35-40-33-23/h7-8,11-18H,3-6,9-10H2,1-2H3. The van der Waals surface area contributed by atoms with Crippen LogP contribution in [0.5, 0.6) is 0 Å². The van der Waals surface area contributed by atoms with Crippen LogP contribution in [0.25, 0.3) is 62.5 Å². The van der Waals surface area contributed by atoms with E-state index in [0.717, 1.165) is 34.9 Å². The Morgan fingerprint density at radius 2 is 0.976 bits per heavy atom. The molecule has 9 heteroatoms. The van der Waals surface area contributed by atoms with E-state index < -0.39 is 0 Å². The van der Waals surface area contributed by atoms with Gasteiger partial charge in [-0.3, -0.25) is 0 Å². The van der Waals surface area contributed by atoms with E-state index in [2.05, 4.69) is 79.9 Å². The molecule has 0 fully saturated rings. The molecular formula is C32H28N4S5. The van der Waals surface area contributed by atoms with Gasteiger partial charge in [-0.15, -0.1) is 34.0 Å². The lowest BCUT2D eigenvalue weighted by molar-refractivity contribution is 0.764. The van der Waals surface area contributed by atoms with Crippen molar-refractivity contribution in [2.45, 2.75) is 52.4 Å². The van der Waals surface area contributed by atoms with Gasteiger partial charge in [0, 0.05) is 40.4 Å². The summed E-state index contributed by atoms with van der Waals surface area (Å²) in [6.07, 6.45) is 7.06. The van der Waals surface area contributed by atoms with Crippen molar-refractivity contribution in [1.82, 2.24) is 17.5 Å². The van der Waals surface area contributed by atoms with Crippen LogP contribution in [0.15, 0.2) is 60.7 Å². The fourth-order valence-corrected chi connectivity index (χ4v) is 10.2. The zero-order valence-electron chi connectivity index (χ0n) is 22.8. The summed E-state index contributed by atoms with van der Waals surface area (Å²) in [7, 11) is 0. The highest BCUT2D eigenvalue weighted by Crippen LogP contribution is 2.49. The topological polar surface area (TPSA) is 51.6 Å². The summed E-state index contributed by atoms with van der Waals surface area (Å²) >= 11 is 8.34. The van der Waals surface area contributed by atoms with Crippen molar-refractivity contribution in [3.8, 4) is 40.4 Å². The third kappa shape index (κ3) is 5.08. The molecule has 0 atom stereocenters. The molecule has 0 N–H and O–H groups in total. The molecule has 0 unspecified atom stereocenters. The molecule has 0 aliphatic carbocycles. The first-order valence-corrected chi connectivity index (χ1v) is 17.9. The van der Waals surface area contributed by atoms with Gasteiger partial charge in [0.25, 0.3) is 0 Å². The molecule has 2 aromatic carbocycles. The number of hydrogen-bond donors (Lipinski definition) is 0. The van der Waals surface area contributed by atoms with E-state index in [-0.39, 0.29) is 0 Å². The van der Waals surface area contributed by atoms with E-state index in [1.165, 1.54) is 89.5 Å². The van der Waals surface area contributed by atoms with Crippen LogP contribution in [0.2, 0.25) is 0 Å². The van der Waals surface area contributed by atoms with Crippen LogP contribution in [0.4, 0.5) is 0 Å². The molecule has 4 nitrogen and oxygen atoms in total. The van der Waals surface area contributed by atoms with Crippen molar-refractivity contribution in [2.75, 3.05) is 0 Å². The number of rotatable bonds is 10. The Kier molecular flexibility index (Phi) is 7.79. The molecule has 0 aliphatic heterocycles. The maximum Gasteiger partial charge on any atom is 0.113 e. The number of nitrogens with zero attached hydrogens (tertiary/aromatic N) is 4. The molecule has 0 amide bonds. The molecule has 206 valence electrons. The molecule has 0 saturated heterocycles. The zero-order chi connectivity index (χ0) is 27.8. The average Bonchev–Trinajstić information content (AvgIpc) is 3.83. The van der Waals surface area contributed by atoms with Gasteiger partial charge in [-0.25, -0.2) is 0 Å². The maximum absolute atomic E-state index is 4.60. The molecule has 5 heterocycles. The number of aromatic nitrogens is 4. The highest BCUT2D eigenvalue weighted by atomic mass is 32.1. The summed E-state index contributed by atoms with van der Waals surface area (Å²) in [6.45, 7) is 4.59. The predicted octanol–water partition coefficient (Wildman–Crippen LogP) is 11.2. The van der Waals surface area contributed by atoms with Gasteiger partial charge >= 0.3 is 0 Å². The monoisotopic (exact) mass is 628 g/mol. The summed E-state index contributed by atoms with van der Waals surface area (Å²) in [4.78, 5) is 8.12. The normalized spacial score (nSPS) is 11.8. The smallest absolute Gasteiger partial charge is 0.113 e. The van der Waals surface area contributed by atoms with Gasteiger partial charge < -0.3 is 0 Å². The van der Waals surface area contributed by atoms with E-state index in [1.807, 2.05) is 46.1 Å². The minimum absolute atomic E-state index is 0.976. The van der Waals surface area contributed by atoms with Crippen molar-refractivity contribution in [3.63, 3.8) is 0 Å². The molecule has 7 aromatic rings. The lowest BCUT2D eigenvalue weighted by Crippen LogP contribution is -1.94. The van der Waals surface area contributed by atoms with Crippen molar-refractivity contribution in [2.24, 2.45) is 0 Å². The van der Waals surface area contributed by atoms with Crippen molar-refractivity contribution < 1.29 is 0 Å². The Morgan fingerprint density at radius 1 is 0.512 bits per heavy atom. The highest BCUT2D eigenvalue weighted by molar-refractivity contribution is 7.28. The molecule has 41 heavy (non-hydrogen) atoms. The average molecular weight is 629 g/mol. The molecule has 0 spiro atoms. The fraction of sp³-hybridized carbons (Fsp3) is 0.250. The Balaban J connectivity index is 1.34. The van der Waals surface area contributed by atoms with E-state index in [4.69, 9.17) is 0 Å². The minimum Gasteiger partial charge on any atom is -0.173 e. The van der Waals surface area contributed by atoms with Gasteiger partial charge in [-0.05, 0) is 73.2 Å². The Hall–Kier alpha value is -2.82. The quantitative estimate of drug-likeness (QED) is 0.151. The van der Waals surface area contributed by atoms with Gasteiger partial charge in [0.2, 0.25) is 0 Å². The van der Waals surface area contributed by atoms with Gasteiger partial charge in [0.15, 0.2) is 0 Å². The van der Waals surface area contributed by atoms with Gasteiger partial charge in [-0.1, -0.05) is 51.0 Å². The van der Waals surface area contributed by atoms with Crippen molar-refractivity contribution >= 4 is 79.5 Å². The molecule has 0 radical (unpaired) electrons. The van der Waals surface area contributed by atoms with E-state index in [9.17, 15) is 0 Å². The van der Waals surface area contributed by atoms with Crippen LogP contribution in [0, 0.1) is 0 Å². The first kappa shape index (κ1) is 27.0.